The zero-order valence-corrected chi connectivity index (χ0v) is 18.4. The average Bonchev–Trinajstić information content (AvgIpc) is 2.58. The molecule has 0 spiro atoms. The lowest BCUT2D eigenvalue weighted by atomic mass is 9.77. The van der Waals surface area contributed by atoms with Gasteiger partial charge in [-0.3, -0.25) is 0 Å². The first-order chi connectivity index (χ1) is 12.7. The van der Waals surface area contributed by atoms with Gasteiger partial charge in [-0.1, -0.05) is 31.3 Å². The Labute approximate surface area is 168 Å². The lowest BCUT2D eigenvalue weighted by molar-refractivity contribution is -0.102. The Kier molecular flexibility index (Phi) is 9.05. The molecule has 5 heteroatoms. The molecule has 0 saturated heterocycles. The molecule has 0 aromatic carbocycles. The van der Waals surface area contributed by atoms with Crippen LogP contribution in [0.2, 0.25) is 0 Å². The van der Waals surface area contributed by atoms with Crippen LogP contribution in [0.25, 0.3) is 0 Å². The first-order valence-electron chi connectivity index (χ1n) is 10.7. The predicted molar refractivity (Wildman–Crippen MR) is 111 cm³/mol. The van der Waals surface area contributed by atoms with Crippen LogP contribution in [0.1, 0.15) is 71.6 Å². The highest BCUT2D eigenvalue weighted by Gasteiger charge is 2.41. The van der Waals surface area contributed by atoms with Crippen LogP contribution in [-0.4, -0.2) is 42.7 Å². The summed E-state index contributed by atoms with van der Waals surface area (Å²) in [5.41, 5.74) is 0.205. The number of hydrogen-bond acceptors (Lipinski definition) is 2. The van der Waals surface area contributed by atoms with Gasteiger partial charge in [-0.05, 0) is 83.6 Å². The van der Waals surface area contributed by atoms with E-state index < -0.39 is 6.18 Å². The Morgan fingerprint density at radius 2 is 1.67 bits per heavy atom. The number of rotatable bonds is 7. The zero-order valence-electron chi connectivity index (χ0n) is 17.6. The molecule has 2 fully saturated rings. The fraction of sp³-hybridized carbons (Fsp3) is 0.909. The fourth-order valence-corrected chi connectivity index (χ4v) is 6.79. The van der Waals surface area contributed by atoms with Gasteiger partial charge in [0.05, 0.1) is 0 Å². The first-order valence-corrected chi connectivity index (χ1v) is 11.8. The Bertz CT molecular complexity index is 476. The third-order valence-corrected chi connectivity index (χ3v) is 7.82. The van der Waals surface area contributed by atoms with E-state index in [1.165, 1.54) is 32.1 Å². The van der Waals surface area contributed by atoms with Crippen molar-refractivity contribution in [3.05, 3.63) is 11.1 Å². The monoisotopic (exact) mass is 405 g/mol. The molecule has 158 valence electrons. The third-order valence-electron chi connectivity index (χ3n) is 6.53. The molecular weight excluding hydrogens is 367 g/mol. The molecule has 0 radical (unpaired) electrons. The minimum absolute atomic E-state index is 0.245. The summed E-state index contributed by atoms with van der Waals surface area (Å²) in [5, 5.41) is 0. The van der Waals surface area contributed by atoms with E-state index in [0.717, 1.165) is 30.3 Å². The smallest absolute Gasteiger partial charge is 0.305 e. The lowest BCUT2D eigenvalue weighted by Crippen LogP contribution is -2.38. The van der Waals surface area contributed by atoms with Crippen molar-refractivity contribution in [3.8, 4) is 0 Å². The van der Waals surface area contributed by atoms with E-state index in [0.29, 0.717) is 30.4 Å². The Hall–Kier alpha value is -0.160. The van der Waals surface area contributed by atoms with Crippen LogP contribution in [0.3, 0.4) is 0 Å². The Morgan fingerprint density at radius 3 is 2.22 bits per heavy atom. The van der Waals surface area contributed by atoms with Gasteiger partial charge in [0.25, 0.3) is 0 Å². The normalized spacial score (nSPS) is 26.2. The molecule has 1 nitrogen and oxygen atoms in total. The van der Waals surface area contributed by atoms with Crippen LogP contribution in [0.15, 0.2) is 11.1 Å². The maximum Gasteiger partial charge on any atom is 0.412 e. The summed E-state index contributed by atoms with van der Waals surface area (Å²) in [4.78, 5) is 2.37. The van der Waals surface area contributed by atoms with Crippen molar-refractivity contribution in [1.29, 1.82) is 0 Å². The highest BCUT2D eigenvalue weighted by Crippen LogP contribution is 2.43. The van der Waals surface area contributed by atoms with E-state index in [4.69, 9.17) is 0 Å². The van der Waals surface area contributed by atoms with Gasteiger partial charge in [0.1, 0.15) is 0 Å². The molecule has 0 bridgehead atoms. The summed E-state index contributed by atoms with van der Waals surface area (Å²) >= 11 is 1.98. The Morgan fingerprint density at radius 1 is 1.00 bits per heavy atom. The lowest BCUT2D eigenvalue weighted by Gasteiger charge is -2.36. The standard InChI is InChI=1S/C22H38F3NS/c1-16(2)21(22(23,24)25)19-12-8-9-17(13-19)14-27-15-20(26(3)4)18-10-6-5-7-11-18/h17-20H,5-15H2,1-4H3. The number of thioether (sulfide) groups is 1. The molecule has 2 aliphatic carbocycles. The van der Waals surface area contributed by atoms with Gasteiger partial charge in [-0.15, -0.1) is 0 Å². The van der Waals surface area contributed by atoms with E-state index in [1.54, 1.807) is 13.8 Å². The molecule has 0 N–H and O–H groups in total. The molecule has 2 aliphatic rings. The van der Waals surface area contributed by atoms with Crippen molar-refractivity contribution < 1.29 is 13.2 Å². The summed E-state index contributed by atoms with van der Waals surface area (Å²) < 4.78 is 40.4. The minimum atomic E-state index is -4.17. The van der Waals surface area contributed by atoms with Gasteiger partial charge in [-0.2, -0.15) is 24.9 Å². The molecule has 3 atom stereocenters. The van der Waals surface area contributed by atoms with Crippen molar-refractivity contribution in [3.63, 3.8) is 0 Å². The van der Waals surface area contributed by atoms with E-state index in [-0.39, 0.29) is 11.5 Å². The van der Waals surface area contributed by atoms with Crippen LogP contribution in [-0.2, 0) is 0 Å². The second-order valence-electron chi connectivity index (χ2n) is 9.11. The minimum Gasteiger partial charge on any atom is -0.305 e. The third kappa shape index (κ3) is 6.99. The molecule has 2 rings (SSSR count). The molecule has 3 unspecified atom stereocenters. The number of allylic oxidation sites excluding steroid dienone is 2. The maximum atomic E-state index is 13.5. The molecule has 0 aromatic heterocycles. The number of nitrogens with zero attached hydrogens (tertiary/aromatic N) is 1. The topological polar surface area (TPSA) is 3.24 Å². The number of halogens is 3. The van der Waals surface area contributed by atoms with Crippen LogP contribution in [0.5, 0.6) is 0 Å². The largest absolute Gasteiger partial charge is 0.412 e. The Balaban J connectivity index is 1.87. The van der Waals surface area contributed by atoms with Crippen molar-refractivity contribution in [2.24, 2.45) is 17.8 Å². The summed E-state index contributed by atoms with van der Waals surface area (Å²) in [6, 6.07) is 0.609. The summed E-state index contributed by atoms with van der Waals surface area (Å²) in [6.45, 7) is 3.24. The van der Waals surface area contributed by atoms with Crippen molar-refractivity contribution in [2.45, 2.75) is 83.9 Å². The molecule has 0 amide bonds. The average molecular weight is 406 g/mol. The van der Waals surface area contributed by atoms with Gasteiger partial charge in [0.2, 0.25) is 0 Å². The molecule has 27 heavy (non-hydrogen) atoms. The van der Waals surface area contributed by atoms with Crippen molar-refractivity contribution in [2.75, 3.05) is 25.6 Å². The van der Waals surface area contributed by atoms with Crippen LogP contribution in [0, 0.1) is 17.8 Å². The fourth-order valence-electron chi connectivity index (χ4n) is 5.21. The number of hydrogen-bond donors (Lipinski definition) is 0. The highest BCUT2D eigenvalue weighted by atomic mass is 32.2. The van der Waals surface area contributed by atoms with Gasteiger partial charge < -0.3 is 4.90 Å². The van der Waals surface area contributed by atoms with E-state index in [1.807, 2.05) is 11.8 Å². The molecule has 0 aromatic rings. The maximum absolute atomic E-state index is 13.5. The molecular formula is C22H38F3NS. The van der Waals surface area contributed by atoms with Crippen LogP contribution < -0.4 is 0 Å². The van der Waals surface area contributed by atoms with Crippen LogP contribution in [0.4, 0.5) is 13.2 Å². The van der Waals surface area contributed by atoms with Crippen molar-refractivity contribution in [1.82, 2.24) is 4.90 Å². The predicted octanol–water partition coefficient (Wildman–Crippen LogP) is 6.94. The molecule has 0 heterocycles. The second-order valence-corrected chi connectivity index (χ2v) is 10.2. The second kappa shape index (κ2) is 10.6. The van der Waals surface area contributed by atoms with E-state index >= 15 is 0 Å². The summed E-state index contributed by atoms with van der Waals surface area (Å²) in [7, 11) is 4.36. The van der Waals surface area contributed by atoms with Crippen molar-refractivity contribution >= 4 is 11.8 Å². The first kappa shape index (κ1) is 23.1. The van der Waals surface area contributed by atoms with Gasteiger partial charge in [-0.25, -0.2) is 0 Å². The van der Waals surface area contributed by atoms with E-state index in [9.17, 15) is 13.2 Å². The molecule has 2 saturated carbocycles. The van der Waals surface area contributed by atoms with Gasteiger partial charge >= 0.3 is 6.18 Å². The van der Waals surface area contributed by atoms with Crippen LogP contribution >= 0.6 is 11.8 Å². The van der Waals surface area contributed by atoms with E-state index in [2.05, 4.69) is 19.0 Å². The highest BCUT2D eigenvalue weighted by molar-refractivity contribution is 7.99. The van der Waals surface area contributed by atoms with Gasteiger partial charge in [0.15, 0.2) is 0 Å². The zero-order chi connectivity index (χ0) is 20.0. The molecule has 0 aliphatic heterocycles. The quantitative estimate of drug-likeness (QED) is 0.422. The summed E-state index contributed by atoms with van der Waals surface area (Å²) in [6.07, 6.45) is 6.02. The number of alkyl halides is 3. The van der Waals surface area contributed by atoms with Gasteiger partial charge in [0, 0.05) is 17.4 Å². The summed E-state index contributed by atoms with van der Waals surface area (Å²) in [5.74, 6) is 3.06. The SMILES string of the molecule is CC(C)=C(C1CCCC(CSCC(C2CCCCC2)N(C)C)C1)C(F)(F)F.